The predicted molar refractivity (Wildman–Crippen MR) is 141 cm³/mol. The molecule has 3 aromatic rings. The highest BCUT2D eigenvalue weighted by molar-refractivity contribution is 7.14. The molecule has 3 N–H and O–H groups in total. The number of aromatic nitrogens is 2. The van der Waals surface area contributed by atoms with Crippen molar-refractivity contribution in [2.75, 3.05) is 49.7 Å². The third-order valence-electron chi connectivity index (χ3n) is 7.04. The number of anilines is 3. The zero-order chi connectivity index (χ0) is 26.9. The molecule has 2 aromatic carbocycles. The summed E-state index contributed by atoms with van der Waals surface area (Å²) in [6.45, 7) is 1.74. The number of likely N-dealkylation sites (N-methyl/N-ethyl adjacent to an activating group) is 1. The van der Waals surface area contributed by atoms with Gasteiger partial charge in [-0.1, -0.05) is 30.3 Å². The largest absolute Gasteiger partial charge is 0.546 e. The van der Waals surface area contributed by atoms with Crippen molar-refractivity contribution >= 4 is 28.5 Å². The van der Waals surface area contributed by atoms with Crippen LogP contribution in [0.5, 0.6) is 0 Å². The molecule has 0 saturated carbocycles. The first-order valence-corrected chi connectivity index (χ1v) is 13.7. The van der Waals surface area contributed by atoms with Crippen molar-refractivity contribution in [1.82, 2.24) is 13.6 Å². The fourth-order valence-electron chi connectivity index (χ4n) is 5.18. The van der Waals surface area contributed by atoms with Crippen molar-refractivity contribution in [1.29, 1.82) is 0 Å². The Hall–Kier alpha value is -2.93. The van der Waals surface area contributed by atoms with Crippen LogP contribution < -0.4 is 16.0 Å². The molecule has 3 heterocycles. The summed E-state index contributed by atoms with van der Waals surface area (Å²) in [5.41, 5.74) is 1.55. The summed E-state index contributed by atoms with van der Waals surface area (Å²) in [5, 5.41) is 9.83. The topological polar surface area (TPSA) is 97.4 Å². The second-order valence-corrected chi connectivity index (χ2v) is 10.8. The highest BCUT2D eigenvalue weighted by atomic mass is 32.2. The van der Waals surface area contributed by atoms with E-state index >= 15 is 0 Å². The molecule has 1 saturated heterocycles. The summed E-state index contributed by atoms with van der Waals surface area (Å²) in [4.78, 5) is 2.01. The van der Waals surface area contributed by atoms with Crippen molar-refractivity contribution in [2.45, 2.75) is 37.3 Å². The number of nitrogens with zero attached hydrogens (tertiary/aromatic N) is 3. The molecule has 0 aliphatic carbocycles. The van der Waals surface area contributed by atoms with E-state index in [4.69, 9.17) is 4.74 Å². The molecule has 8 nitrogen and oxygen atoms in total. The Bertz CT molecular complexity index is 1240. The molecule has 1 fully saturated rings. The maximum Gasteiger partial charge on any atom is 0.416 e. The Morgan fingerprint density at radius 3 is 2.53 bits per heavy atom. The molecule has 0 bridgehead atoms. The van der Waals surface area contributed by atoms with Gasteiger partial charge in [0, 0.05) is 45.6 Å². The number of rotatable bonds is 8. The van der Waals surface area contributed by atoms with E-state index in [-0.39, 0.29) is 18.1 Å². The molecule has 0 spiro atoms. The van der Waals surface area contributed by atoms with Gasteiger partial charge in [-0.2, -0.15) is 13.2 Å². The first-order chi connectivity index (χ1) is 18.2. The lowest BCUT2D eigenvalue weighted by Gasteiger charge is -2.46. The SMILES string of the molecule is CN(C)CCNc1n[s+]([O-])nc1NC[C@H]1CC[C@@H]2[C@H](O1)c1cc(C(F)(F)F)ccc1N[C@H]2c1ccccc1. The normalized spacial score (nSPS) is 23.4. The molecular formula is C26H31F3N6O2S. The Morgan fingerprint density at radius 1 is 1.08 bits per heavy atom. The molecule has 38 heavy (non-hydrogen) atoms. The van der Waals surface area contributed by atoms with Gasteiger partial charge >= 0.3 is 6.18 Å². The number of alkyl halides is 3. The average Bonchev–Trinajstić information content (AvgIpc) is 3.25. The third-order valence-corrected chi connectivity index (χ3v) is 7.72. The van der Waals surface area contributed by atoms with E-state index in [0.29, 0.717) is 42.4 Å². The fraction of sp³-hybridized carbons (Fsp3) is 0.462. The number of hydrogen-bond acceptors (Lipinski definition) is 8. The fourth-order valence-corrected chi connectivity index (χ4v) is 5.83. The molecular weight excluding hydrogens is 517 g/mol. The highest BCUT2D eigenvalue weighted by Gasteiger charge is 2.43. The minimum absolute atomic E-state index is 0.0363. The number of hydrogen-bond donors (Lipinski definition) is 3. The number of fused-ring (bicyclic) bond motifs is 3. The van der Waals surface area contributed by atoms with Crippen LogP contribution in [-0.4, -0.2) is 58.0 Å². The summed E-state index contributed by atoms with van der Waals surface area (Å²) < 4.78 is 67.2. The number of ether oxygens (including phenoxy) is 1. The van der Waals surface area contributed by atoms with Gasteiger partial charge in [0.05, 0.1) is 23.8 Å². The van der Waals surface area contributed by atoms with Crippen LogP contribution in [-0.2, 0) is 10.9 Å². The minimum atomic E-state index is -4.44. The van der Waals surface area contributed by atoms with Crippen molar-refractivity contribution in [3.8, 4) is 0 Å². The smallest absolute Gasteiger partial charge is 0.416 e. The van der Waals surface area contributed by atoms with E-state index < -0.39 is 29.0 Å². The minimum Gasteiger partial charge on any atom is -0.546 e. The molecule has 0 amide bonds. The van der Waals surface area contributed by atoms with Gasteiger partial charge in [-0.3, -0.25) is 0 Å². The zero-order valence-corrected chi connectivity index (χ0v) is 22.0. The quantitative estimate of drug-likeness (QED) is 0.326. The Morgan fingerprint density at radius 2 is 1.82 bits per heavy atom. The Labute approximate surface area is 222 Å². The molecule has 2 aliphatic heterocycles. The first-order valence-electron chi connectivity index (χ1n) is 12.6. The molecule has 204 valence electrons. The lowest BCUT2D eigenvalue weighted by atomic mass is 9.76. The number of halogens is 3. The lowest BCUT2D eigenvalue weighted by molar-refractivity contribution is -0.138. The summed E-state index contributed by atoms with van der Waals surface area (Å²) >= 11 is -1.70. The first kappa shape index (κ1) is 26.7. The number of benzene rings is 2. The summed E-state index contributed by atoms with van der Waals surface area (Å²) in [6.07, 6.45) is -3.75. The van der Waals surface area contributed by atoms with Gasteiger partial charge in [-0.25, -0.2) is 0 Å². The maximum absolute atomic E-state index is 13.6. The molecule has 5 rings (SSSR count). The van der Waals surface area contributed by atoms with Crippen LogP contribution in [0.2, 0.25) is 0 Å². The van der Waals surface area contributed by atoms with E-state index in [1.807, 2.05) is 49.3 Å². The van der Waals surface area contributed by atoms with E-state index in [1.165, 1.54) is 12.1 Å². The highest BCUT2D eigenvalue weighted by Crippen LogP contribution is 2.51. The molecule has 12 heteroatoms. The summed E-state index contributed by atoms with van der Waals surface area (Å²) in [5.74, 6) is 0.802. The van der Waals surface area contributed by atoms with Crippen molar-refractivity contribution in [3.05, 3.63) is 65.2 Å². The van der Waals surface area contributed by atoms with Crippen LogP contribution >= 0.6 is 11.1 Å². The number of nitrogens with one attached hydrogen (secondary N) is 3. The Balaban J connectivity index is 1.35. The van der Waals surface area contributed by atoms with E-state index in [9.17, 15) is 17.7 Å². The van der Waals surface area contributed by atoms with Crippen LogP contribution in [0.3, 0.4) is 0 Å². The molecule has 1 unspecified atom stereocenters. The van der Waals surface area contributed by atoms with Gasteiger partial charge in [-0.15, -0.1) is 0 Å². The molecule has 5 atom stereocenters. The van der Waals surface area contributed by atoms with E-state index in [2.05, 4.69) is 24.7 Å². The van der Waals surface area contributed by atoms with Crippen LogP contribution in [0.1, 0.15) is 41.7 Å². The Kier molecular flexibility index (Phi) is 7.75. The molecule has 0 radical (unpaired) electrons. The monoisotopic (exact) mass is 548 g/mol. The standard InChI is InChI=1S/C26H31F3N6O2S/c1-35(2)13-12-30-24-25(34-38(36)33-24)31-15-18-9-10-19-22(16-6-4-3-5-7-16)32-21-11-8-17(26(27,28)29)14-20(21)23(19)37-18/h3-8,11,14,18-19,22-23,32H,9-10,12-13,15H2,1-2H3,(H,30,33)(H,31,34)/t18-,19+,22+,23+,38?/m1/s1. The molecule has 1 aromatic heterocycles. The van der Waals surface area contributed by atoms with Crippen LogP contribution in [0.15, 0.2) is 48.5 Å². The third kappa shape index (κ3) is 5.88. The summed E-state index contributed by atoms with van der Waals surface area (Å²) in [6, 6.07) is 13.7. The van der Waals surface area contributed by atoms with Crippen LogP contribution in [0, 0.1) is 5.92 Å². The maximum atomic E-state index is 13.6. The molecule has 2 aliphatic rings. The van der Waals surface area contributed by atoms with Crippen molar-refractivity contribution < 1.29 is 22.5 Å². The van der Waals surface area contributed by atoms with Gasteiger partial charge in [0.15, 0.2) is 11.1 Å². The predicted octanol–water partition coefficient (Wildman–Crippen LogP) is 5.31. The van der Waals surface area contributed by atoms with E-state index in [0.717, 1.165) is 24.6 Å². The van der Waals surface area contributed by atoms with Gasteiger partial charge in [-0.05, 0) is 50.7 Å². The van der Waals surface area contributed by atoms with Gasteiger partial charge in [0.1, 0.15) is 0 Å². The summed E-state index contributed by atoms with van der Waals surface area (Å²) in [7, 11) is 3.91. The second kappa shape index (κ2) is 11.0. The van der Waals surface area contributed by atoms with Gasteiger partial charge in [0.2, 0.25) is 11.6 Å². The van der Waals surface area contributed by atoms with E-state index in [1.54, 1.807) is 0 Å². The average molecular weight is 549 g/mol. The van der Waals surface area contributed by atoms with Crippen molar-refractivity contribution in [3.63, 3.8) is 0 Å². The van der Waals surface area contributed by atoms with Gasteiger partial charge < -0.3 is 30.1 Å². The lowest BCUT2D eigenvalue weighted by Crippen LogP contribution is -2.41. The van der Waals surface area contributed by atoms with Gasteiger partial charge in [0.25, 0.3) is 0 Å². The second-order valence-electron chi connectivity index (χ2n) is 9.97. The van der Waals surface area contributed by atoms with Crippen LogP contribution in [0.25, 0.3) is 0 Å². The zero-order valence-electron chi connectivity index (χ0n) is 21.2. The van der Waals surface area contributed by atoms with Crippen LogP contribution in [0.4, 0.5) is 30.5 Å². The van der Waals surface area contributed by atoms with Crippen molar-refractivity contribution in [2.24, 2.45) is 5.92 Å².